The third kappa shape index (κ3) is 4.23. The van der Waals surface area contributed by atoms with Crippen LogP contribution in [-0.2, 0) is 7.05 Å². The Morgan fingerprint density at radius 1 is 1.15 bits per heavy atom. The fraction of sp³-hybridized carbons (Fsp3) is 0.269. The van der Waals surface area contributed by atoms with Crippen molar-refractivity contribution in [2.75, 3.05) is 18.8 Å². The van der Waals surface area contributed by atoms with Crippen LogP contribution in [0, 0.1) is 13.8 Å². The van der Waals surface area contributed by atoms with Crippen LogP contribution in [0.4, 0.5) is 0 Å². The summed E-state index contributed by atoms with van der Waals surface area (Å²) in [6, 6.07) is 15.9. The lowest BCUT2D eigenvalue weighted by Crippen LogP contribution is -2.42. The lowest BCUT2D eigenvalue weighted by molar-refractivity contribution is 0.0747. The first-order chi connectivity index (χ1) is 16.4. The van der Waals surface area contributed by atoms with Gasteiger partial charge in [0.15, 0.2) is 0 Å². The second-order valence-electron chi connectivity index (χ2n) is 8.48. The summed E-state index contributed by atoms with van der Waals surface area (Å²) in [6.45, 7) is 5.01. The molecule has 1 fully saturated rings. The number of hydrogen-bond donors (Lipinski definition) is 1. The normalized spacial score (nSPS) is 15.7. The van der Waals surface area contributed by atoms with Gasteiger partial charge in [-0.25, -0.2) is 4.98 Å². The highest BCUT2D eigenvalue weighted by Gasteiger charge is 2.33. The average Bonchev–Trinajstić information content (AvgIpc) is 3.55. The Morgan fingerprint density at radius 3 is 2.79 bits per heavy atom. The maximum absolute atomic E-state index is 13.6. The summed E-state index contributed by atoms with van der Waals surface area (Å²) in [5.41, 5.74) is 4.33. The molecule has 8 heteroatoms. The Labute approximate surface area is 207 Å². The van der Waals surface area contributed by atoms with Gasteiger partial charge in [-0.05, 0) is 37.6 Å². The number of hydrogen-bond acceptors (Lipinski definition) is 5. The van der Waals surface area contributed by atoms with Crippen molar-refractivity contribution in [1.29, 1.82) is 0 Å². The quantitative estimate of drug-likeness (QED) is 0.434. The molecule has 1 N–H and O–H groups in total. The molecule has 1 aliphatic rings. The molecule has 4 aromatic rings. The number of fused-ring (bicyclic) bond motifs is 1. The summed E-state index contributed by atoms with van der Waals surface area (Å²) in [7, 11) is 1.97. The molecule has 2 aromatic heterocycles. The number of thiazole rings is 1. The number of carbonyl (C=O) groups excluding carboxylic acids is 2. The van der Waals surface area contributed by atoms with E-state index in [0.717, 1.165) is 37.7 Å². The Morgan fingerprint density at radius 2 is 1.97 bits per heavy atom. The molecule has 2 aromatic carbocycles. The van der Waals surface area contributed by atoms with Gasteiger partial charge < -0.3 is 14.8 Å². The molecular weight excluding hydrogens is 464 g/mol. The minimum absolute atomic E-state index is 0.0738. The van der Waals surface area contributed by atoms with Crippen LogP contribution in [0.1, 0.15) is 31.4 Å². The largest absolute Gasteiger partial charge is 0.351 e. The molecular formula is C26H26N4O2S2. The van der Waals surface area contributed by atoms with Gasteiger partial charge in [0.1, 0.15) is 5.69 Å². The van der Waals surface area contributed by atoms with E-state index >= 15 is 0 Å². The van der Waals surface area contributed by atoms with Gasteiger partial charge in [-0.15, -0.1) is 23.1 Å². The number of amides is 2. The maximum atomic E-state index is 13.6. The third-order valence-corrected chi connectivity index (χ3v) is 8.32. The summed E-state index contributed by atoms with van der Waals surface area (Å²) >= 11 is 3.24. The van der Waals surface area contributed by atoms with E-state index in [4.69, 9.17) is 0 Å². The van der Waals surface area contributed by atoms with Gasteiger partial charge in [-0.2, -0.15) is 0 Å². The molecule has 1 aliphatic heterocycles. The second kappa shape index (κ2) is 9.27. The van der Waals surface area contributed by atoms with Crippen LogP contribution in [0.5, 0.6) is 0 Å². The third-order valence-electron chi connectivity index (χ3n) is 6.08. The van der Waals surface area contributed by atoms with Crippen molar-refractivity contribution in [3.05, 3.63) is 76.6 Å². The summed E-state index contributed by atoms with van der Waals surface area (Å²) < 4.78 is 2.00. The number of rotatable bonds is 5. The van der Waals surface area contributed by atoms with Crippen LogP contribution in [0.15, 0.2) is 54.7 Å². The zero-order chi connectivity index (χ0) is 23.8. The van der Waals surface area contributed by atoms with E-state index in [1.54, 1.807) is 23.1 Å². The summed E-state index contributed by atoms with van der Waals surface area (Å²) in [6.07, 6.45) is 1.95. The molecule has 0 radical (unpaired) electrons. The summed E-state index contributed by atoms with van der Waals surface area (Å²) in [5.74, 6) is 0.639. The lowest BCUT2D eigenvalue weighted by atomic mass is 10.1. The number of aryl methyl sites for hydroxylation is 3. The van der Waals surface area contributed by atoms with Crippen LogP contribution in [-0.4, -0.2) is 50.5 Å². The molecule has 3 heterocycles. The van der Waals surface area contributed by atoms with Gasteiger partial charge in [0.2, 0.25) is 0 Å². The van der Waals surface area contributed by atoms with Gasteiger partial charge in [0.05, 0.1) is 15.3 Å². The number of thioether (sulfide) groups is 1. The van der Waals surface area contributed by atoms with E-state index in [-0.39, 0.29) is 17.2 Å². The maximum Gasteiger partial charge on any atom is 0.274 e. The molecule has 0 saturated carbocycles. The Hall–Kier alpha value is -3.10. The van der Waals surface area contributed by atoms with Crippen molar-refractivity contribution >= 4 is 45.8 Å². The molecule has 6 nitrogen and oxygen atoms in total. The molecule has 2 amide bonds. The van der Waals surface area contributed by atoms with E-state index in [1.165, 1.54) is 0 Å². The van der Waals surface area contributed by atoms with E-state index < -0.39 is 0 Å². The Bertz CT molecular complexity index is 1390. The average molecular weight is 491 g/mol. The standard InChI is InChI=1S/C26H26N4O2S2/c1-16-6-4-7-18(14-16)24-23(28-17(2)34-24)26(32)30-12-13-33-22(30)15-27-25(31)20-8-5-9-21-19(20)10-11-29(21)3/h4-11,14,22H,12-13,15H2,1-3H3,(H,27,31). The van der Waals surface area contributed by atoms with Crippen molar-refractivity contribution in [2.45, 2.75) is 19.2 Å². The number of aromatic nitrogens is 2. The van der Waals surface area contributed by atoms with E-state index in [9.17, 15) is 9.59 Å². The van der Waals surface area contributed by atoms with Gasteiger partial charge in [0.25, 0.3) is 11.8 Å². The van der Waals surface area contributed by atoms with E-state index in [1.807, 2.05) is 79.0 Å². The molecule has 0 aliphatic carbocycles. The van der Waals surface area contributed by atoms with Crippen molar-refractivity contribution < 1.29 is 9.59 Å². The minimum Gasteiger partial charge on any atom is -0.351 e. The predicted molar refractivity (Wildman–Crippen MR) is 140 cm³/mol. The van der Waals surface area contributed by atoms with Crippen LogP contribution in [0.2, 0.25) is 0 Å². The first kappa shape index (κ1) is 22.7. The van der Waals surface area contributed by atoms with E-state index in [2.05, 4.69) is 16.4 Å². The van der Waals surface area contributed by atoms with Crippen molar-refractivity contribution in [3.8, 4) is 10.4 Å². The van der Waals surface area contributed by atoms with Gasteiger partial charge in [-0.1, -0.05) is 35.9 Å². The molecule has 5 rings (SSSR count). The van der Waals surface area contributed by atoms with Gasteiger partial charge >= 0.3 is 0 Å². The SMILES string of the molecule is Cc1cccc(-c2sc(C)nc2C(=O)N2CCSC2CNC(=O)c2cccc3c2ccn3C)c1. The summed E-state index contributed by atoms with van der Waals surface area (Å²) in [5, 5.41) is 4.72. The number of nitrogens with one attached hydrogen (secondary N) is 1. The van der Waals surface area contributed by atoms with Crippen molar-refractivity contribution in [1.82, 2.24) is 19.8 Å². The van der Waals surface area contributed by atoms with Crippen LogP contribution in [0.25, 0.3) is 21.3 Å². The van der Waals surface area contributed by atoms with Crippen molar-refractivity contribution in [3.63, 3.8) is 0 Å². The highest BCUT2D eigenvalue weighted by atomic mass is 32.2. The Balaban J connectivity index is 1.34. The fourth-order valence-electron chi connectivity index (χ4n) is 4.39. The molecule has 1 unspecified atom stereocenters. The van der Waals surface area contributed by atoms with Crippen LogP contribution in [0.3, 0.4) is 0 Å². The molecule has 174 valence electrons. The monoisotopic (exact) mass is 490 g/mol. The zero-order valence-corrected chi connectivity index (χ0v) is 21.0. The second-order valence-corrected chi connectivity index (χ2v) is 11.0. The van der Waals surface area contributed by atoms with Crippen molar-refractivity contribution in [2.24, 2.45) is 7.05 Å². The topological polar surface area (TPSA) is 67.2 Å². The molecule has 1 saturated heterocycles. The molecule has 0 spiro atoms. The zero-order valence-electron chi connectivity index (χ0n) is 19.4. The number of carbonyl (C=O) groups is 2. The first-order valence-corrected chi connectivity index (χ1v) is 13.1. The highest BCUT2D eigenvalue weighted by molar-refractivity contribution is 8.00. The molecule has 0 bridgehead atoms. The predicted octanol–water partition coefficient (Wildman–Crippen LogP) is 4.86. The Kier molecular flexibility index (Phi) is 6.18. The van der Waals surface area contributed by atoms with Gasteiger partial charge in [-0.3, -0.25) is 9.59 Å². The number of nitrogens with zero attached hydrogens (tertiary/aromatic N) is 3. The highest BCUT2D eigenvalue weighted by Crippen LogP contribution is 2.34. The van der Waals surface area contributed by atoms with Crippen LogP contribution < -0.4 is 5.32 Å². The first-order valence-electron chi connectivity index (χ1n) is 11.2. The molecule has 34 heavy (non-hydrogen) atoms. The van der Waals surface area contributed by atoms with Crippen LogP contribution >= 0.6 is 23.1 Å². The smallest absolute Gasteiger partial charge is 0.274 e. The van der Waals surface area contributed by atoms with Gasteiger partial charge in [0, 0.05) is 48.6 Å². The fourth-order valence-corrected chi connectivity index (χ4v) is 6.45. The number of benzene rings is 2. The summed E-state index contributed by atoms with van der Waals surface area (Å²) in [4.78, 5) is 33.9. The molecule has 1 atom stereocenters. The minimum atomic E-state index is -0.126. The lowest BCUT2D eigenvalue weighted by Gasteiger charge is -2.24. The van der Waals surface area contributed by atoms with E-state index in [0.29, 0.717) is 24.3 Å².